The van der Waals surface area contributed by atoms with Crippen LogP contribution < -0.4 is 5.32 Å². The highest BCUT2D eigenvalue weighted by molar-refractivity contribution is 9.10. The second-order valence-corrected chi connectivity index (χ2v) is 5.12. The van der Waals surface area contributed by atoms with Crippen LogP contribution in [0.4, 0.5) is 0 Å². The van der Waals surface area contributed by atoms with Gasteiger partial charge in [-0.05, 0) is 43.4 Å². The van der Waals surface area contributed by atoms with E-state index in [-0.39, 0.29) is 0 Å². The Morgan fingerprint density at radius 3 is 2.79 bits per heavy atom. The lowest BCUT2D eigenvalue weighted by Gasteiger charge is -2.11. The molecule has 1 fully saturated rings. The van der Waals surface area contributed by atoms with Gasteiger partial charge in [0.25, 0.3) is 0 Å². The summed E-state index contributed by atoms with van der Waals surface area (Å²) in [7, 11) is 0. The van der Waals surface area contributed by atoms with Gasteiger partial charge in [-0.2, -0.15) is 0 Å². The lowest BCUT2D eigenvalue weighted by Crippen LogP contribution is -2.16. The number of aryl methyl sites for hydroxylation is 1. The van der Waals surface area contributed by atoms with Gasteiger partial charge in [-0.25, -0.2) is 0 Å². The highest BCUT2D eigenvalue weighted by atomic mass is 79.9. The molecule has 1 N–H and O–H groups in total. The predicted molar refractivity (Wildman–Crippen MR) is 63.7 cm³/mol. The molecule has 1 nitrogen and oxygen atoms in total. The first-order valence-corrected chi connectivity index (χ1v) is 5.95. The first-order chi connectivity index (χ1) is 6.66. The lowest BCUT2D eigenvalue weighted by atomic mass is 9.96. The topological polar surface area (TPSA) is 12.0 Å². The van der Waals surface area contributed by atoms with E-state index in [9.17, 15) is 0 Å². The van der Waals surface area contributed by atoms with Crippen molar-refractivity contribution in [3.8, 4) is 0 Å². The highest BCUT2D eigenvalue weighted by Gasteiger charge is 2.23. The van der Waals surface area contributed by atoms with Gasteiger partial charge in [0.15, 0.2) is 0 Å². The molecule has 2 unspecified atom stereocenters. The van der Waals surface area contributed by atoms with Crippen LogP contribution >= 0.6 is 15.9 Å². The summed E-state index contributed by atoms with van der Waals surface area (Å²) in [4.78, 5) is 0. The van der Waals surface area contributed by atoms with Gasteiger partial charge in [0.1, 0.15) is 0 Å². The zero-order chi connectivity index (χ0) is 10.1. The highest BCUT2D eigenvalue weighted by Crippen LogP contribution is 2.31. The molecule has 14 heavy (non-hydrogen) atoms. The lowest BCUT2D eigenvalue weighted by molar-refractivity contribution is 0.658. The van der Waals surface area contributed by atoms with E-state index in [0.29, 0.717) is 12.0 Å². The molecule has 0 aromatic heterocycles. The molecule has 1 aliphatic heterocycles. The Hall–Kier alpha value is -0.340. The Labute approximate surface area is 94.0 Å². The third kappa shape index (κ3) is 2.01. The van der Waals surface area contributed by atoms with Crippen LogP contribution in [0.5, 0.6) is 0 Å². The molecule has 0 bridgehead atoms. The van der Waals surface area contributed by atoms with Gasteiger partial charge in [0, 0.05) is 17.1 Å². The second kappa shape index (κ2) is 4.03. The Kier molecular flexibility index (Phi) is 2.93. The van der Waals surface area contributed by atoms with E-state index in [1.807, 2.05) is 0 Å². The van der Waals surface area contributed by atoms with Crippen LogP contribution in [0.3, 0.4) is 0 Å². The van der Waals surface area contributed by atoms with Gasteiger partial charge >= 0.3 is 0 Å². The van der Waals surface area contributed by atoms with Crippen molar-refractivity contribution < 1.29 is 0 Å². The normalized spacial score (nSPS) is 26.8. The standard InChI is InChI=1S/C12H16BrN/c1-8-3-4-11(12(13)5-8)10-6-9(2)14-7-10/h3-5,9-10,14H,6-7H2,1-2H3. The largest absolute Gasteiger partial charge is 0.314 e. The summed E-state index contributed by atoms with van der Waals surface area (Å²) in [6.45, 7) is 5.50. The molecule has 76 valence electrons. The number of rotatable bonds is 1. The van der Waals surface area contributed by atoms with Crippen LogP contribution in [0.1, 0.15) is 30.4 Å². The van der Waals surface area contributed by atoms with Crippen molar-refractivity contribution in [2.45, 2.75) is 32.2 Å². The summed E-state index contributed by atoms with van der Waals surface area (Å²) in [5.41, 5.74) is 2.77. The number of nitrogens with one attached hydrogen (secondary N) is 1. The number of benzene rings is 1. The van der Waals surface area contributed by atoms with Crippen molar-refractivity contribution in [3.05, 3.63) is 33.8 Å². The van der Waals surface area contributed by atoms with E-state index in [1.54, 1.807) is 0 Å². The van der Waals surface area contributed by atoms with E-state index in [4.69, 9.17) is 0 Å². The SMILES string of the molecule is Cc1ccc(C2CNC(C)C2)c(Br)c1. The number of hydrogen-bond acceptors (Lipinski definition) is 1. The zero-order valence-corrected chi connectivity index (χ0v) is 10.3. The molecule has 1 saturated heterocycles. The molecule has 0 spiro atoms. The minimum Gasteiger partial charge on any atom is -0.314 e. The molecule has 0 amide bonds. The average Bonchev–Trinajstić information content (AvgIpc) is 2.51. The fraction of sp³-hybridized carbons (Fsp3) is 0.500. The average molecular weight is 254 g/mol. The van der Waals surface area contributed by atoms with E-state index in [1.165, 1.54) is 22.0 Å². The maximum atomic E-state index is 3.65. The molecule has 1 aliphatic rings. The Bertz CT molecular complexity index is 335. The number of hydrogen-bond donors (Lipinski definition) is 1. The van der Waals surface area contributed by atoms with Gasteiger partial charge < -0.3 is 5.32 Å². The first-order valence-electron chi connectivity index (χ1n) is 5.16. The van der Waals surface area contributed by atoms with Crippen LogP contribution in [-0.2, 0) is 0 Å². The molecule has 2 rings (SSSR count). The summed E-state index contributed by atoms with van der Waals surface area (Å²) in [6, 6.07) is 7.32. The third-order valence-corrected chi connectivity index (χ3v) is 3.63. The van der Waals surface area contributed by atoms with Crippen LogP contribution in [0.25, 0.3) is 0 Å². The van der Waals surface area contributed by atoms with Gasteiger partial charge in [-0.15, -0.1) is 0 Å². The van der Waals surface area contributed by atoms with Crippen molar-refractivity contribution in [1.29, 1.82) is 0 Å². The summed E-state index contributed by atoms with van der Waals surface area (Å²) in [5.74, 6) is 0.681. The van der Waals surface area contributed by atoms with Crippen molar-refractivity contribution in [2.24, 2.45) is 0 Å². The molecule has 2 atom stereocenters. The summed E-state index contributed by atoms with van der Waals surface area (Å²) in [5, 5.41) is 3.49. The van der Waals surface area contributed by atoms with E-state index >= 15 is 0 Å². The Morgan fingerprint density at radius 1 is 1.43 bits per heavy atom. The van der Waals surface area contributed by atoms with Gasteiger partial charge in [0.2, 0.25) is 0 Å². The van der Waals surface area contributed by atoms with E-state index in [2.05, 4.69) is 53.3 Å². The quantitative estimate of drug-likeness (QED) is 0.811. The maximum absolute atomic E-state index is 3.65. The molecule has 1 aromatic rings. The van der Waals surface area contributed by atoms with Gasteiger partial charge in [-0.3, -0.25) is 0 Å². The maximum Gasteiger partial charge on any atom is 0.0213 e. The summed E-state index contributed by atoms with van der Waals surface area (Å²) >= 11 is 3.65. The van der Waals surface area contributed by atoms with Crippen molar-refractivity contribution in [1.82, 2.24) is 5.32 Å². The first kappa shape index (κ1) is 10.2. The van der Waals surface area contributed by atoms with Gasteiger partial charge in [0.05, 0.1) is 0 Å². The minimum absolute atomic E-state index is 0.660. The van der Waals surface area contributed by atoms with Crippen LogP contribution in [-0.4, -0.2) is 12.6 Å². The molecular formula is C12H16BrN. The molecule has 0 radical (unpaired) electrons. The fourth-order valence-corrected chi connectivity index (χ4v) is 2.95. The van der Waals surface area contributed by atoms with Crippen LogP contribution in [0.15, 0.2) is 22.7 Å². The fourth-order valence-electron chi connectivity index (χ4n) is 2.14. The molecule has 1 aromatic carbocycles. The van der Waals surface area contributed by atoms with E-state index < -0.39 is 0 Å². The smallest absolute Gasteiger partial charge is 0.0213 e. The summed E-state index contributed by atoms with van der Waals surface area (Å²) in [6.07, 6.45) is 1.25. The van der Waals surface area contributed by atoms with Crippen LogP contribution in [0.2, 0.25) is 0 Å². The van der Waals surface area contributed by atoms with Gasteiger partial charge in [-0.1, -0.05) is 28.1 Å². The molecule has 2 heteroatoms. The van der Waals surface area contributed by atoms with E-state index in [0.717, 1.165) is 6.54 Å². The number of halogens is 1. The molecular weight excluding hydrogens is 238 g/mol. The second-order valence-electron chi connectivity index (χ2n) is 4.27. The molecule has 0 saturated carbocycles. The monoisotopic (exact) mass is 253 g/mol. The van der Waals surface area contributed by atoms with Crippen molar-refractivity contribution in [2.75, 3.05) is 6.54 Å². The molecule has 1 heterocycles. The predicted octanol–water partition coefficient (Wildman–Crippen LogP) is 3.22. The Balaban J connectivity index is 2.24. The minimum atomic E-state index is 0.660. The van der Waals surface area contributed by atoms with Crippen LogP contribution in [0, 0.1) is 6.92 Å². The molecule has 0 aliphatic carbocycles. The Morgan fingerprint density at radius 2 is 2.21 bits per heavy atom. The van der Waals surface area contributed by atoms with Crippen molar-refractivity contribution >= 4 is 15.9 Å². The van der Waals surface area contributed by atoms with Crippen molar-refractivity contribution in [3.63, 3.8) is 0 Å². The third-order valence-electron chi connectivity index (χ3n) is 2.95. The summed E-state index contributed by atoms with van der Waals surface area (Å²) < 4.78 is 1.26. The zero-order valence-electron chi connectivity index (χ0n) is 8.68.